The molecule has 2 N–H and O–H groups in total. The van der Waals surface area contributed by atoms with E-state index in [2.05, 4.69) is 58.5 Å². The number of rotatable bonds is 8. The van der Waals surface area contributed by atoms with Crippen LogP contribution in [0.1, 0.15) is 92.2 Å². The molecule has 4 bridgehead atoms. The Kier molecular flexibility index (Phi) is 5.94. The van der Waals surface area contributed by atoms with Crippen LogP contribution in [0.15, 0.2) is 6.20 Å². The Balaban J connectivity index is 1.35. The van der Waals surface area contributed by atoms with Gasteiger partial charge in [0.1, 0.15) is 0 Å². The maximum absolute atomic E-state index is 10.8. The summed E-state index contributed by atoms with van der Waals surface area (Å²) in [4.78, 5) is 10.8. The number of amides is 1. The Labute approximate surface area is 216 Å². The third kappa shape index (κ3) is 4.49. The van der Waals surface area contributed by atoms with Crippen molar-refractivity contribution >= 4 is 18.7 Å². The van der Waals surface area contributed by atoms with Crippen molar-refractivity contribution in [3.8, 4) is 0 Å². The molecule has 0 radical (unpaired) electrons. The van der Waals surface area contributed by atoms with E-state index >= 15 is 0 Å². The van der Waals surface area contributed by atoms with Crippen LogP contribution in [0.5, 0.6) is 0 Å². The van der Waals surface area contributed by atoms with Crippen LogP contribution in [0.25, 0.3) is 0 Å². The van der Waals surface area contributed by atoms with Crippen LogP contribution in [0.2, 0.25) is 0 Å². The highest BCUT2D eigenvalue weighted by Crippen LogP contribution is 2.72. The second-order valence-electron chi connectivity index (χ2n) is 14.2. The normalized spacial score (nSPS) is 38.0. The van der Waals surface area contributed by atoms with Crippen molar-refractivity contribution < 1.29 is 23.9 Å². The average molecular weight is 501 g/mol. The van der Waals surface area contributed by atoms with Crippen molar-refractivity contribution in [3.63, 3.8) is 0 Å². The maximum atomic E-state index is 10.8. The van der Waals surface area contributed by atoms with E-state index in [-0.39, 0.29) is 33.0 Å². The lowest BCUT2D eigenvalue weighted by atomic mass is 9.39. The molecular formula is C27H44BN3O5. The van der Waals surface area contributed by atoms with E-state index in [0.29, 0.717) is 19.6 Å². The summed E-state index contributed by atoms with van der Waals surface area (Å²) in [5, 5.41) is 16.2. The highest BCUT2D eigenvalue weighted by atomic mass is 16.7. The number of carbonyl (C=O) groups is 1. The summed E-state index contributed by atoms with van der Waals surface area (Å²) in [5.74, 6) is 0. The van der Waals surface area contributed by atoms with Crippen LogP contribution in [-0.4, -0.2) is 58.1 Å². The summed E-state index contributed by atoms with van der Waals surface area (Å²) >= 11 is 0. The van der Waals surface area contributed by atoms with Gasteiger partial charge >= 0.3 is 13.2 Å². The third-order valence-corrected chi connectivity index (χ3v) is 9.79. The number of nitrogens with one attached hydrogen (secondary N) is 1. The van der Waals surface area contributed by atoms with Crippen molar-refractivity contribution in [3.05, 3.63) is 11.9 Å². The molecule has 2 unspecified atom stereocenters. The SMILES string of the molecule is Cc1c(B2OC(C)(C)C(C)(C)O2)cnn1CC12CC3(C)CC(C)(C1)CC(OCCCNC(=O)O)(C3)C2. The van der Waals surface area contributed by atoms with E-state index in [1.54, 1.807) is 0 Å². The molecule has 0 aromatic carbocycles. The molecule has 1 saturated heterocycles. The quantitative estimate of drug-likeness (QED) is 0.408. The summed E-state index contributed by atoms with van der Waals surface area (Å²) in [6.07, 6.45) is 8.56. The number of aromatic nitrogens is 2. The van der Waals surface area contributed by atoms with E-state index in [4.69, 9.17) is 24.3 Å². The van der Waals surface area contributed by atoms with Gasteiger partial charge in [-0.2, -0.15) is 5.10 Å². The highest BCUT2D eigenvalue weighted by Gasteiger charge is 2.66. The molecular weight excluding hydrogens is 457 g/mol. The minimum atomic E-state index is -0.974. The molecule has 1 amide bonds. The zero-order valence-corrected chi connectivity index (χ0v) is 23.2. The average Bonchev–Trinajstić information content (AvgIpc) is 3.13. The van der Waals surface area contributed by atoms with E-state index in [1.807, 2.05) is 6.20 Å². The number of carboxylic acid groups (broad SMARTS) is 1. The topological polar surface area (TPSA) is 94.8 Å². The molecule has 36 heavy (non-hydrogen) atoms. The summed E-state index contributed by atoms with van der Waals surface area (Å²) in [7, 11) is -0.399. The summed E-state index contributed by atoms with van der Waals surface area (Å²) in [5.41, 5.74) is 1.93. The van der Waals surface area contributed by atoms with Gasteiger partial charge in [0.25, 0.3) is 0 Å². The Hall–Kier alpha value is -1.58. The van der Waals surface area contributed by atoms with Gasteiger partial charge in [-0.3, -0.25) is 4.68 Å². The van der Waals surface area contributed by atoms with Crippen molar-refractivity contribution in [2.45, 2.75) is 117 Å². The fourth-order valence-electron chi connectivity index (χ4n) is 8.85. The van der Waals surface area contributed by atoms with Crippen molar-refractivity contribution in [2.24, 2.45) is 16.2 Å². The van der Waals surface area contributed by atoms with Gasteiger partial charge in [0.15, 0.2) is 0 Å². The molecule has 1 aromatic rings. The van der Waals surface area contributed by atoms with E-state index in [1.165, 1.54) is 19.3 Å². The van der Waals surface area contributed by atoms with Gasteiger partial charge in [-0.1, -0.05) is 13.8 Å². The lowest BCUT2D eigenvalue weighted by Gasteiger charge is -2.69. The van der Waals surface area contributed by atoms with Crippen LogP contribution in [0.3, 0.4) is 0 Å². The fraction of sp³-hybridized carbons (Fsp3) is 0.852. The zero-order chi connectivity index (χ0) is 26.2. The molecule has 2 heterocycles. The van der Waals surface area contributed by atoms with Crippen LogP contribution in [-0.2, 0) is 20.6 Å². The zero-order valence-electron chi connectivity index (χ0n) is 23.2. The first-order valence-corrected chi connectivity index (χ1v) is 13.6. The van der Waals surface area contributed by atoms with Gasteiger partial charge in [0.05, 0.1) is 16.8 Å². The van der Waals surface area contributed by atoms with Crippen molar-refractivity contribution in [1.29, 1.82) is 0 Å². The molecule has 6 rings (SSSR count). The van der Waals surface area contributed by atoms with Crippen molar-refractivity contribution in [1.82, 2.24) is 15.1 Å². The van der Waals surface area contributed by atoms with Gasteiger partial charge in [-0.15, -0.1) is 0 Å². The highest BCUT2D eigenvalue weighted by molar-refractivity contribution is 6.62. The Bertz CT molecular complexity index is 1000. The molecule has 9 heteroatoms. The van der Waals surface area contributed by atoms with Gasteiger partial charge in [-0.25, -0.2) is 4.79 Å². The van der Waals surface area contributed by atoms with Gasteiger partial charge in [0, 0.05) is 37.0 Å². The predicted molar refractivity (Wildman–Crippen MR) is 138 cm³/mol. The monoisotopic (exact) mass is 501 g/mol. The van der Waals surface area contributed by atoms with Gasteiger partial charge < -0.3 is 24.5 Å². The smallest absolute Gasteiger partial charge is 0.465 e. The summed E-state index contributed by atoms with van der Waals surface area (Å²) < 4.78 is 21.5. The summed E-state index contributed by atoms with van der Waals surface area (Å²) in [6, 6.07) is 0. The largest absolute Gasteiger partial charge is 0.498 e. The van der Waals surface area contributed by atoms with E-state index in [9.17, 15) is 4.79 Å². The molecule has 8 nitrogen and oxygen atoms in total. The minimum absolute atomic E-state index is 0.128. The predicted octanol–water partition coefficient (Wildman–Crippen LogP) is 4.28. The molecule has 1 aromatic heterocycles. The molecule has 5 aliphatic rings. The maximum Gasteiger partial charge on any atom is 0.498 e. The first kappa shape index (κ1) is 26.0. The molecule has 4 aliphatic carbocycles. The molecule has 1 aliphatic heterocycles. The first-order chi connectivity index (χ1) is 16.6. The van der Waals surface area contributed by atoms with Crippen LogP contribution in [0.4, 0.5) is 4.79 Å². The molecule has 4 saturated carbocycles. The van der Waals surface area contributed by atoms with Crippen molar-refractivity contribution in [2.75, 3.05) is 13.2 Å². The van der Waals surface area contributed by atoms with E-state index < -0.39 is 13.2 Å². The molecule has 0 spiro atoms. The second-order valence-corrected chi connectivity index (χ2v) is 14.2. The lowest BCUT2D eigenvalue weighted by Crippen LogP contribution is -2.64. The minimum Gasteiger partial charge on any atom is -0.465 e. The summed E-state index contributed by atoms with van der Waals surface area (Å²) in [6.45, 7) is 17.3. The lowest BCUT2D eigenvalue weighted by molar-refractivity contribution is -0.248. The number of hydrogen-bond acceptors (Lipinski definition) is 5. The second kappa shape index (κ2) is 8.21. The Morgan fingerprint density at radius 1 is 1.06 bits per heavy atom. The van der Waals surface area contributed by atoms with Crippen LogP contribution < -0.4 is 10.8 Å². The third-order valence-electron chi connectivity index (χ3n) is 9.79. The Morgan fingerprint density at radius 3 is 2.25 bits per heavy atom. The first-order valence-electron chi connectivity index (χ1n) is 13.6. The van der Waals surface area contributed by atoms with E-state index in [0.717, 1.165) is 37.0 Å². The number of ether oxygens (including phenoxy) is 1. The van der Waals surface area contributed by atoms with Crippen LogP contribution >= 0.6 is 0 Å². The molecule has 5 fully saturated rings. The number of hydrogen-bond donors (Lipinski definition) is 2. The number of nitrogens with zero attached hydrogens (tertiary/aromatic N) is 2. The molecule has 2 atom stereocenters. The Morgan fingerprint density at radius 2 is 1.67 bits per heavy atom. The fourth-order valence-corrected chi connectivity index (χ4v) is 8.85. The van der Waals surface area contributed by atoms with Gasteiger partial charge in [0.2, 0.25) is 0 Å². The standard InChI is InChI=1S/C27H44BN3O5/c1-19-20(28-35-22(2,3)23(4,5)36-28)11-30-31(19)18-26-13-24(6)12-25(7,14-26)16-27(15-24,17-26)34-10-8-9-29-21(32)33/h11,29H,8-10,12-18H2,1-7H3,(H,32,33). The van der Waals surface area contributed by atoms with Gasteiger partial charge in [-0.05, 0) is 95.8 Å². The van der Waals surface area contributed by atoms with Crippen LogP contribution in [0, 0.1) is 23.2 Å². The molecule has 200 valence electrons.